The van der Waals surface area contributed by atoms with Crippen LogP contribution in [0, 0.1) is 20.8 Å². The van der Waals surface area contributed by atoms with Gasteiger partial charge in [0.1, 0.15) is 0 Å². The van der Waals surface area contributed by atoms with Crippen LogP contribution in [0.2, 0.25) is 0 Å². The summed E-state index contributed by atoms with van der Waals surface area (Å²) < 4.78 is 10.9. The molecule has 6 heteroatoms. The summed E-state index contributed by atoms with van der Waals surface area (Å²) in [7, 11) is 0. The van der Waals surface area contributed by atoms with Crippen LogP contribution < -0.4 is 0 Å². The van der Waals surface area contributed by atoms with Crippen molar-refractivity contribution in [1.29, 1.82) is 0 Å². The molecule has 0 N–H and O–H groups in total. The third kappa shape index (κ3) is 3.42. The Morgan fingerprint density at radius 2 is 1.84 bits per heavy atom. The fourth-order valence-electron chi connectivity index (χ4n) is 2.58. The lowest BCUT2D eigenvalue weighted by atomic mass is 10.1. The van der Waals surface area contributed by atoms with Gasteiger partial charge in [0.05, 0.1) is 29.1 Å². The largest absolute Gasteiger partial charge is 0.462 e. The summed E-state index contributed by atoms with van der Waals surface area (Å²) in [6.07, 6.45) is 0. The molecular formula is C19H19N3O3. The summed E-state index contributed by atoms with van der Waals surface area (Å²) in [5, 5.41) is 8.24. The molecular weight excluding hydrogens is 318 g/mol. The van der Waals surface area contributed by atoms with Crippen LogP contribution in [0.3, 0.4) is 0 Å². The first-order valence-corrected chi connectivity index (χ1v) is 8.06. The number of nitrogens with zero attached hydrogens (tertiary/aromatic N) is 3. The van der Waals surface area contributed by atoms with E-state index in [1.165, 1.54) is 0 Å². The molecule has 0 saturated heterocycles. The highest BCUT2D eigenvalue weighted by Crippen LogP contribution is 2.27. The summed E-state index contributed by atoms with van der Waals surface area (Å²) in [5.41, 5.74) is 4.30. The van der Waals surface area contributed by atoms with Gasteiger partial charge in [-0.3, -0.25) is 4.98 Å². The SMILES string of the molecule is CCOC(=O)c1cc(-c2nnc(-c3cccc(C)c3)o2)c(C)nc1C. The molecule has 0 spiro atoms. The number of aromatic nitrogens is 3. The van der Waals surface area contributed by atoms with Gasteiger partial charge in [-0.05, 0) is 45.9 Å². The third-order valence-electron chi connectivity index (χ3n) is 3.82. The smallest absolute Gasteiger partial charge is 0.339 e. The molecule has 0 saturated carbocycles. The minimum atomic E-state index is -0.410. The van der Waals surface area contributed by atoms with E-state index < -0.39 is 5.97 Å². The molecule has 0 atom stereocenters. The second-order valence-electron chi connectivity index (χ2n) is 5.76. The number of aryl methyl sites for hydroxylation is 3. The van der Waals surface area contributed by atoms with Crippen molar-refractivity contribution in [3.05, 3.63) is 52.8 Å². The van der Waals surface area contributed by atoms with Crippen LogP contribution in [-0.4, -0.2) is 27.8 Å². The monoisotopic (exact) mass is 337 g/mol. The minimum Gasteiger partial charge on any atom is -0.462 e. The Labute approximate surface area is 145 Å². The number of esters is 1. The molecule has 1 aromatic carbocycles. The molecule has 0 unspecified atom stereocenters. The molecule has 3 aromatic rings. The van der Waals surface area contributed by atoms with Gasteiger partial charge >= 0.3 is 5.97 Å². The van der Waals surface area contributed by atoms with Crippen molar-refractivity contribution in [1.82, 2.24) is 15.2 Å². The van der Waals surface area contributed by atoms with Crippen molar-refractivity contribution < 1.29 is 13.9 Å². The normalized spacial score (nSPS) is 10.7. The number of carbonyl (C=O) groups excluding carboxylic acids is 1. The first kappa shape index (κ1) is 16.8. The van der Waals surface area contributed by atoms with E-state index in [0.717, 1.165) is 11.1 Å². The molecule has 0 amide bonds. The Morgan fingerprint density at radius 3 is 2.56 bits per heavy atom. The summed E-state index contributed by atoms with van der Waals surface area (Å²) in [4.78, 5) is 16.5. The van der Waals surface area contributed by atoms with Crippen LogP contribution in [0.25, 0.3) is 22.9 Å². The highest BCUT2D eigenvalue weighted by atomic mass is 16.5. The van der Waals surface area contributed by atoms with Crippen LogP contribution in [0.5, 0.6) is 0 Å². The van der Waals surface area contributed by atoms with E-state index in [1.807, 2.05) is 38.1 Å². The number of carbonyl (C=O) groups is 1. The third-order valence-corrected chi connectivity index (χ3v) is 3.82. The highest BCUT2D eigenvalue weighted by molar-refractivity contribution is 5.92. The molecule has 128 valence electrons. The van der Waals surface area contributed by atoms with E-state index in [9.17, 15) is 4.79 Å². The van der Waals surface area contributed by atoms with Gasteiger partial charge in [0.25, 0.3) is 0 Å². The van der Waals surface area contributed by atoms with E-state index in [2.05, 4.69) is 15.2 Å². The molecule has 0 aliphatic carbocycles. The van der Waals surface area contributed by atoms with Gasteiger partial charge in [-0.1, -0.05) is 17.7 Å². The first-order valence-electron chi connectivity index (χ1n) is 8.06. The lowest BCUT2D eigenvalue weighted by molar-refractivity contribution is 0.0525. The van der Waals surface area contributed by atoms with Crippen molar-refractivity contribution in [3.8, 4) is 22.9 Å². The predicted molar refractivity (Wildman–Crippen MR) is 93.1 cm³/mol. The van der Waals surface area contributed by atoms with E-state index in [1.54, 1.807) is 19.9 Å². The standard InChI is InChI=1S/C19H19N3O3/c1-5-24-19(23)16-10-15(12(3)20-13(16)4)18-22-21-17(25-18)14-8-6-7-11(2)9-14/h6-10H,5H2,1-4H3. The Bertz CT molecular complexity index is 931. The van der Waals surface area contributed by atoms with Crippen LogP contribution >= 0.6 is 0 Å². The van der Waals surface area contributed by atoms with Gasteiger partial charge in [-0.15, -0.1) is 10.2 Å². The summed E-state index contributed by atoms with van der Waals surface area (Å²) in [6, 6.07) is 9.52. The Kier molecular flexibility index (Phi) is 4.61. The lowest BCUT2D eigenvalue weighted by Gasteiger charge is -2.08. The minimum absolute atomic E-state index is 0.305. The fraction of sp³-hybridized carbons (Fsp3) is 0.263. The van der Waals surface area contributed by atoms with Gasteiger partial charge < -0.3 is 9.15 Å². The Balaban J connectivity index is 2.02. The Morgan fingerprint density at radius 1 is 1.08 bits per heavy atom. The Hall–Kier alpha value is -3.02. The maximum absolute atomic E-state index is 12.1. The first-order chi connectivity index (χ1) is 12.0. The maximum Gasteiger partial charge on any atom is 0.339 e. The molecule has 25 heavy (non-hydrogen) atoms. The summed E-state index contributed by atoms with van der Waals surface area (Å²) in [6.45, 7) is 7.69. The molecule has 2 heterocycles. The number of hydrogen-bond donors (Lipinski definition) is 0. The van der Waals surface area contributed by atoms with Crippen molar-refractivity contribution >= 4 is 5.97 Å². The van der Waals surface area contributed by atoms with Crippen molar-refractivity contribution in [2.75, 3.05) is 6.61 Å². The van der Waals surface area contributed by atoms with Gasteiger partial charge in [0.2, 0.25) is 11.8 Å². The number of hydrogen-bond acceptors (Lipinski definition) is 6. The topological polar surface area (TPSA) is 78.1 Å². The predicted octanol–water partition coefficient (Wildman–Crippen LogP) is 3.90. The second kappa shape index (κ2) is 6.84. The van der Waals surface area contributed by atoms with E-state index in [4.69, 9.17) is 9.15 Å². The number of rotatable bonds is 4. The van der Waals surface area contributed by atoms with E-state index in [0.29, 0.717) is 40.9 Å². The number of benzene rings is 1. The van der Waals surface area contributed by atoms with E-state index >= 15 is 0 Å². The van der Waals surface area contributed by atoms with Gasteiger partial charge in [-0.25, -0.2) is 4.79 Å². The second-order valence-corrected chi connectivity index (χ2v) is 5.76. The zero-order chi connectivity index (χ0) is 18.0. The van der Waals surface area contributed by atoms with Crippen molar-refractivity contribution in [2.24, 2.45) is 0 Å². The van der Waals surface area contributed by atoms with Crippen LogP contribution in [0.15, 0.2) is 34.7 Å². The van der Waals surface area contributed by atoms with Crippen LogP contribution in [-0.2, 0) is 4.74 Å². The molecule has 3 rings (SSSR count). The molecule has 0 aliphatic rings. The van der Waals surface area contributed by atoms with Crippen molar-refractivity contribution in [2.45, 2.75) is 27.7 Å². The quantitative estimate of drug-likeness (QED) is 0.672. The number of ether oxygens (including phenoxy) is 1. The molecule has 0 radical (unpaired) electrons. The molecule has 2 aromatic heterocycles. The number of pyridine rings is 1. The molecule has 0 aliphatic heterocycles. The van der Waals surface area contributed by atoms with Gasteiger partial charge in [0.15, 0.2) is 0 Å². The van der Waals surface area contributed by atoms with Crippen molar-refractivity contribution in [3.63, 3.8) is 0 Å². The van der Waals surface area contributed by atoms with E-state index in [-0.39, 0.29) is 0 Å². The van der Waals surface area contributed by atoms with Gasteiger partial charge in [-0.2, -0.15) is 0 Å². The highest BCUT2D eigenvalue weighted by Gasteiger charge is 2.19. The van der Waals surface area contributed by atoms with Crippen LogP contribution in [0.1, 0.15) is 34.2 Å². The zero-order valence-electron chi connectivity index (χ0n) is 14.7. The molecule has 0 bridgehead atoms. The summed E-state index contributed by atoms with van der Waals surface area (Å²) >= 11 is 0. The average molecular weight is 337 g/mol. The fourth-order valence-corrected chi connectivity index (χ4v) is 2.58. The lowest BCUT2D eigenvalue weighted by Crippen LogP contribution is -2.09. The van der Waals surface area contributed by atoms with Gasteiger partial charge in [0, 0.05) is 5.56 Å². The van der Waals surface area contributed by atoms with Crippen LogP contribution in [0.4, 0.5) is 0 Å². The zero-order valence-corrected chi connectivity index (χ0v) is 14.7. The molecule has 0 fully saturated rings. The summed E-state index contributed by atoms with van der Waals surface area (Å²) in [5.74, 6) is 0.343. The maximum atomic E-state index is 12.1. The molecule has 6 nitrogen and oxygen atoms in total. The average Bonchev–Trinajstić information content (AvgIpc) is 3.05.